The number of nitrogens with zero attached hydrogens (tertiary/aromatic N) is 2. The van der Waals surface area contributed by atoms with E-state index in [4.69, 9.17) is 14.7 Å². The number of ether oxygens (including phenoxy) is 2. The molecule has 1 N–H and O–H groups in total. The van der Waals surface area contributed by atoms with Gasteiger partial charge in [0.05, 0.1) is 11.6 Å². The molecule has 4 rings (SSSR count). The highest BCUT2D eigenvalue weighted by molar-refractivity contribution is 7.59. The van der Waals surface area contributed by atoms with Gasteiger partial charge in [0, 0.05) is 24.2 Å². The summed E-state index contributed by atoms with van der Waals surface area (Å²) < 4.78 is 25.4. The zero-order valence-corrected chi connectivity index (χ0v) is 17.1. The number of anilines is 1. The van der Waals surface area contributed by atoms with Crippen LogP contribution in [0, 0.1) is 23.1 Å². The quantitative estimate of drug-likeness (QED) is 0.735. The Balaban J connectivity index is 0.00000240. The molecular formula is C22H24FN3O2S. The van der Waals surface area contributed by atoms with Crippen LogP contribution in [0.5, 0.6) is 11.5 Å². The molecule has 1 heterocycles. The summed E-state index contributed by atoms with van der Waals surface area (Å²) in [5.41, 5.74) is 1.34. The second-order valence-electron chi connectivity index (χ2n) is 7.17. The molecule has 0 saturated heterocycles. The molecule has 1 fully saturated rings. The van der Waals surface area contributed by atoms with E-state index in [0.717, 1.165) is 11.4 Å². The molecule has 1 aliphatic carbocycles. The standard InChI is InChI=1S/C22H22FN3O2.H2S/c1-15(28-21-8-5-16(13-24)11-20(21)23)14-27-19-4-2-3-18(12-19)26-10-9-25-22(26)17-6-7-17;/h2-5,8-12,15,17,22,25H,6-7,14H2,1H3;1H2/t15-,22?;/m0./s1. The third-order valence-corrected chi connectivity index (χ3v) is 4.86. The Morgan fingerprint density at radius 1 is 1.28 bits per heavy atom. The first-order valence-electron chi connectivity index (χ1n) is 9.44. The topological polar surface area (TPSA) is 57.5 Å². The van der Waals surface area contributed by atoms with Crippen LogP contribution in [-0.4, -0.2) is 18.9 Å². The number of hydrogen-bond donors (Lipinski definition) is 1. The normalized spacial score (nSPS) is 18.4. The maximum absolute atomic E-state index is 14.0. The third kappa shape index (κ3) is 4.96. The summed E-state index contributed by atoms with van der Waals surface area (Å²) in [7, 11) is 0. The Morgan fingerprint density at radius 2 is 2.10 bits per heavy atom. The van der Waals surface area contributed by atoms with Crippen molar-refractivity contribution in [2.24, 2.45) is 5.92 Å². The zero-order valence-electron chi connectivity index (χ0n) is 16.1. The number of hydrogen-bond acceptors (Lipinski definition) is 5. The van der Waals surface area contributed by atoms with Gasteiger partial charge in [-0.25, -0.2) is 4.39 Å². The van der Waals surface area contributed by atoms with Gasteiger partial charge in [0.1, 0.15) is 24.6 Å². The number of benzene rings is 2. The average Bonchev–Trinajstić information content (AvgIpc) is 3.44. The molecule has 0 aromatic heterocycles. The molecule has 0 bridgehead atoms. The summed E-state index contributed by atoms with van der Waals surface area (Å²) in [5, 5.41) is 12.2. The molecule has 0 radical (unpaired) electrons. The van der Waals surface area contributed by atoms with Crippen molar-refractivity contribution in [1.29, 1.82) is 5.26 Å². The van der Waals surface area contributed by atoms with Crippen molar-refractivity contribution in [3.05, 3.63) is 66.2 Å². The maximum Gasteiger partial charge on any atom is 0.166 e. The second kappa shape index (κ2) is 9.10. The highest BCUT2D eigenvalue weighted by Crippen LogP contribution is 2.38. The molecule has 1 unspecified atom stereocenters. The summed E-state index contributed by atoms with van der Waals surface area (Å²) in [5.74, 6) is 0.996. The fourth-order valence-electron chi connectivity index (χ4n) is 3.28. The molecule has 0 spiro atoms. The van der Waals surface area contributed by atoms with E-state index in [0.29, 0.717) is 12.1 Å². The van der Waals surface area contributed by atoms with Gasteiger partial charge in [-0.1, -0.05) is 6.07 Å². The van der Waals surface area contributed by atoms with Crippen molar-refractivity contribution in [2.45, 2.75) is 32.0 Å². The van der Waals surface area contributed by atoms with E-state index in [1.807, 2.05) is 37.4 Å². The van der Waals surface area contributed by atoms with Crippen molar-refractivity contribution in [3.63, 3.8) is 0 Å². The van der Waals surface area contributed by atoms with Gasteiger partial charge in [0.2, 0.25) is 0 Å². The predicted molar refractivity (Wildman–Crippen MR) is 115 cm³/mol. The van der Waals surface area contributed by atoms with Crippen LogP contribution in [0.4, 0.5) is 10.1 Å². The number of halogens is 1. The van der Waals surface area contributed by atoms with Crippen molar-refractivity contribution in [2.75, 3.05) is 11.5 Å². The average molecular weight is 414 g/mol. The fraction of sp³-hybridized carbons (Fsp3) is 0.318. The van der Waals surface area contributed by atoms with Crippen molar-refractivity contribution in [3.8, 4) is 17.6 Å². The van der Waals surface area contributed by atoms with Gasteiger partial charge >= 0.3 is 0 Å². The zero-order chi connectivity index (χ0) is 19.5. The molecule has 0 amide bonds. The minimum atomic E-state index is -0.549. The molecule has 7 heteroatoms. The van der Waals surface area contributed by atoms with E-state index < -0.39 is 5.82 Å². The predicted octanol–water partition coefficient (Wildman–Crippen LogP) is 4.27. The first-order chi connectivity index (χ1) is 13.6. The van der Waals surface area contributed by atoms with E-state index >= 15 is 0 Å². The van der Waals surface area contributed by atoms with Crippen LogP contribution in [0.1, 0.15) is 25.3 Å². The largest absolute Gasteiger partial charge is 0.490 e. The van der Waals surface area contributed by atoms with Crippen LogP contribution in [0.2, 0.25) is 0 Å². The van der Waals surface area contributed by atoms with Crippen molar-refractivity contribution in [1.82, 2.24) is 5.32 Å². The lowest BCUT2D eigenvalue weighted by atomic mass is 10.2. The lowest BCUT2D eigenvalue weighted by Gasteiger charge is -2.26. The molecule has 29 heavy (non-hydrogen) atoms. The smallest absolute Gasteiger partial charge is 0.166 e. The van der Waals surface area contributed by atoms with Gasteiger partial charge in [-0.3, -0.25) is 0 Å². The molecule has 2 atom stereocenters. The van der Waals surface area contributed by atoms with E-state index in [9.17, 15) is 4.39 Å². The highest BCUT2D eigenvalue weighted by atomic mass is 32.1. The lowest BCUT2D eigenvalue weighted by molar-refractivity contribution is 0.138. The first-order valence-corrected chi connectivity index (χ1v) is 9.44. The molecule has 5 nitrogen and oxygen atoms in total. The monoisotopic (exact) mass is 413 g/mol. The lowest BCUT2D eigenvalue weighted by Crippen LogP contribution is -2.37. The van der Waals surface area contributed by atoms with Gasteiger partial charge in [0.15, 0.2) is 11.6 Å². The molecule has 1 aliphatic heterocycles. The van der Waals surface area contributed by atoms with E-state index in [1.54, 1.807) is 0 Å². The van der Waals surface area contributed by atoms with E-state index in [2.05, 4.69) is 22.5 Å². The van der Waals surface area contributed by atoms with Gasteiger partial charge in [-0.05, 0) is 56.0 Å². The first kappa shape index (κ1) is 20.9. The van der Waals surface area contributed by atoms with Gasteiger partial charge in [0.25, 0.3) is 0 Å². The third-order valence-electron chi connectivity index (χ3n) is 4.86. The van der Waals surface area contributed by atoms with E-state index in [-0.39, 0.29) is 37.5 Å². The van der Waals surface area contributed by atoms with Crippen LogP contribution in [0.15, 0.2) is 54.9 Å². The SMILES string of the molecule is C[C@@H](COc1cccc(N2C=CNC2C2CC2)c1)Oc1ccc(C#N)cc1F.S. The van der Waals surface area contributed by atoms with Crippen LogP contribution in [0.3, 0.4) is 0 Å². The highest BCUT2D eigenvalue weighted by Gasteiger charge is 2.36. The summed E-state index contributed by atoms with van der Waals surface area (Å²) >= 11 is 0. The summed E-state index contributed by atoms with van der Waals surface area (Å²) in [6.07, 6.45) is 6.52. The number of rotatable bonds is 7. The van der Waals surface area contributed by atoms with Gasteiger partial charge in [-0.2, -0.15) is 18.8 Å². The summed E-state index contributed by atoms with van der Waals surface area (Å²) in [4.78, 5) is 2.23. The number of nitriles is 1. The van der Waals surface area contributed by atoms with Crippen LogP contribution in [-0.2, 0) is 0 Å². The number of nitrogens with one attached hydrogen (secondary N) is 1. The minimum Gasteiger partial charge on any atom is -0.490 e. The van der Waals surface area contributed by atoms with Gasteiger partial charge < -0.3 is 19.7 Å². The molecule has 1 saturated carbocycles. The Labute approximate surface area is 177 Å². The second-order valence-corrected chi connectivity index (χ2v) is 7.17. The van der Waals surface area contributed by atoms with Gasteiger partial charge in [-0.15, -0.1) is 0 Å². The molecular weight excluding hydrogens is 389 g/mol. The minimum absolute atomic E-state index is 0. The summed E-state index contributed by atoms with van der Waals surface area (Å²) in [6.45, 7) is 2.10. The molecule has 152 valence electrons. The van der Waals surface area contributed by atoms with Crippen molar-refractivity contribution >= 4 is 19.2 Å². The molecule has 2 aromatic carbocycles. The molecule has 2 aliphatic rings. The Hall–Kier alpha value is -2.85. The molecule has 2 aromatic rings. The van der Waals surface area contributed by atoms with Crippen LogP contribution < -0.4 is 19.7 Å². The van der Waals surface area contributed by atoms with E-state index in [1.165, 1.54) is 31.0 Å². The Kier molecular flexibility index (Phi) is 6.55. The van der Waals surface area contributed by atoms with Crippen molar-refractivity contribution < 1.29 is 13.9 Å². The fourth-order valence-corrected chi connectivity index (χ4v) is 3.28. The van der Waals surface area contributed by atoms with Crippen LogP contribution in [0.25, 0.3) is 0 Å². The Morgan fingerprint density at radius 3 is 2.83 bits per heavy atom. The Bertz CT molecular complexity index is 927. The van der Waals surface area contributed by atoms with Crippen LogP contribution >= 0.6 is 13.5 Å². The summed E-state index contributed by atoms with van der Waals surface area (Å²) in [6, 6.07) is 14.0. The maximum atomic E-state index is 14.0.